The number of esters is 1. The molecule has 2 heterocycles. The van der Waals surface area contributed by atoms with Gasteiger partial charge in [0, 0.05) is 19.2 Å². The highest BCUT2D eigenvalue weighted by atomic mass is 32.2. The number of methoxy groups -OCH3 is 1. The Labute approximate surface area is 143 Å². The first kappa shape index (κ1) is 17.6. The molecule has 136 valence electrons. The zero-order valence-corrected chi connectivity index (χ0v) is 14.4. The summed E-state index contributed by atoms with van der Waals surface area (Å²) in [6.07, 6.45) is 1.60. The molecule has 25 heavy (non-hydrogen) atoms. The lowest BCUT2D eigenvalue weighted by Crippen LogP contribution is -2.31. The average molecular weight is 370 g/mol. The molecule has 10 heteroatoms. The summed E-state index contributed by atoms with van der Waals surface area (Å²) in [4.78, 5) is 23.2. The number of hydrogen-bond acceptors (Lipinski definition) is 7. The van der Waals surface area contributed by atoms with Crippen LogP contribution in [0.5, 0.6) is 0 Å². The van der Waals surface area contributed by atoms with Crippen LogP contribution in [0.2, 0.25) is 0 Å². The minimum atomic E-state index is -3.76. The summed E-state index contributed by atoms with van der Waals surface area (Å²) in [7, 11) is -2.56. The molecule has 1 atom stereocenters. The monoisotopic (exact) mass is 370 g/mol. The van der Waals surface area contributed by atoms with Crippen molar-refractivity contribution in [3.8, 4) is 0 Å². The molecule has 0 aliphatic carbocycles. The fourth-order valence-corrected chi connectivity index (χ4v) is 3.73. The molecule has 3 rings (SSSR count). The Balaban J connectivity index is 1.85. The maximum Gasteiger partial charge on any atom is 0.420 e. The molecule has 0 bridgehead atoms. The molecule has 0 spiro atoms. The lowest BCUT2D eigenvalue weighted by Gasteiger charge is -2.11. The summed E-state index contributed by atoms with van der Waals surface area (Å²) in [5, 5.41) is 0. The normalized spacial score (nSPS) is 17.9. The Morgan fingerprint density at radius 1 is 1.44 bits per heavy atom. The number of aromatic nitrogens is 1. The van der Waals surface area contributed by atoms with Crippen molar-refractivity contribution in [2.24, 2.45) is 0 Å². The van der Waals surface area contributed by atoms with Crippen molar-refractivity contribution >= 4 is 27.1 Å². The maximum absolute atomic E-state index is 12.4. The summed E-state index contributed by atoms with van der Waals surface area (Å²) >= 11 is 0. The molecule has 2 aromatic rings. The number of fused-ring (bicyclic) bond motifs is 1. The first-order valence-electron chi connectivity index (χ1n) is 7.72. The molecular formula is C15H18N2O7S. The second kappa shape index (κ2) is 6.98. The quantitative estimate of drug-likeness (QED) is 0.723. The van der Waals surface area contributed by atoms with Gasteiger partial charge in [0.25, 0.3) is 0 Å². The van der Waals surface area contributed by atoms with Crippen molar-refractivity contribution in [2.75, 3.05) is 20.3 Å². The van der Waals surface area contributed by atoms with Gasteiger partial charge in [0.1, 0.15) is 6.54 Å². The lowest BCUT2D eigenvalue weighted by molar-refractivity contribution is -0.141. The van der Waals surface area contributed by atoms with Gasteiger partial charge >= 0.3 is 11.7 Å². The van der Waals surface area contributed by atoms with E-state index in [2.05, 4.69) is 9.46 Å². The minimum Gasteiger partial charge on any atom is -0.468 e. The molecule has 1 fully saturated rings. The third kappa shape index (κ3) is 3.75. The van der Waals surface area contributed by atoms with Gasteiger partial charge < -0.3 is 13.9 Å². The van der Waals surface area contributed by atoms with Gasteiger partial charge in [-0.3, -0.25) is 9.36 Å². The van der Waals surface area contributed by atoms with Crippen molar-refractivity contribution in [1.29, 1.82) is 0 Å². The first-order valence-corrected chi connectivity index (χ1v) is 9.20. The zero-order valence-electron chi connectivity index (χ0n) is 13.6. The molecular weight excluding hydrogens is 352 g/mol. The SMILES string of the molecule is COC(=O)Cn1c(=O)oc2cc(S(=O)(=O)NCC3CCCO3)ccc21. The van der Waals surface area contributed by atoms with E-state index in [-0.39, 0.29) is 29.7 Å². The topological polar surface area (TPSA) is 117 Å². The summed E-state index contributed by atoms with van der Waals surface area (Å²) in [5.74, 6) is -1.37. The van der Waals surface area contributed by atoms with Gasteiger partial charge in [-0.05, 0) is 25.0 Å². The molecule has 1 aromatic heterocycles. The second-order valence-electron chi connectivity index (χ2n) is 5.65. The van der Waals surface area contributed by atoms with Gasteiger partial charge in [0.15, 0.2) is 5.58 Å². The lowest BCUT2D eigenvalue weighted by atomic mass is 10.2. The standard InChI is InChI=1S/C15H18N2O7S/c1-22-14(18)9-17-12-5-4-11(7-13(12)24-15(17)19)25(20,21)16-8-10-3-2-6-23-10/h4-5,7,10,16H,2-3,6,8-9H2,1H3. The molecule has 0 amide bonds. The van der Waals surface area contributed by atoms with Crippen molar-refractivity contribution in [3.05, 3.63) is 28.7 Å². The number of ether oxygens (including phenoxy) is 2. The van der Waals surface area contributed by atoms with Crippen LogP contribution in [0, 0.1) is 0 Å². The molecule has 0 saturated carbocycles. The van der Waals surface area contributed by atoms with E-state index in [0.717, 1.165) is 17.4 Å². The number of carbonyl (C=O) groups is 1. The summed E-state index contributed by atoms with van der Waals surface area (Å²) < 4.78 is 43.3. The van der Waals surface area contributed by atoms with Gasteiger partial charge in [-0.2, -0.15) is 0 Å². The molecule has 1 aliphatic heterocycles. The van der Waals surface area contributed by atoms with Crippen LogP contribution in [0.1, 0.15) is 12.8 Å². The maximum atomic E-state index is 12.4. The number of benzene rings is 1. The van der Waals surface area contributed by atoms with Crippen molar-refractivity contribution in [1.82, 2.24) is 9.29 Å². The minimum absolute atomic E-state index is 0.0306. The molecule has 0 radical (unpaired) electrons. The predicted molar refractivity (Wildman–Crippen MR) is 86.7 cm³/mol. The van der Waals surface area contributed by atoms with E-state index in [0.29, 0.717) is 12.1 Å². The Morgan fingerprint density at radius 3 is 2.92 bits per heavy atom. The molecule has 1 aliphatic rings. The van der Waals surface area contributed by atoms with Gasteiger partial charge in [-0.1, -0.05) is 0 Å². The van der Waals surface area contributed by atoms with Crippen molar-refractivity contribution in [3.63, 3.8) is 0 Å². The number of hydrogen-bond donors (Lipinski definition) is 1. The number of rotatable bonds is 6. The van der Waals surface area contributed by atoms with Crippen molar-refractivity contribution < 1.29 is 27.1 Å². The number of nitrogens with zero attached hydrogens (tertiary/aromatic N) is 1. The highest BCUT2D eigenvalue weighted by Gasteiger charge is 2.22. The highest BCUT2D eigenvalue weighted by Crippen LogP contribution is 2.19. The van der Waals surface area contributed by atoms with Crippen LogP contribution in [0.4, 0.5) is 0 Å². The van der Waals surface area contributed by atoms with Crippen LogP contribution in [-0.2, 0) is 30.8 Å². The van der Waals surface area contributed by atoms with E-state index in [4.69, 9.17) is 9.15 Å². The average Bonchev–Trinajstić information content (AvgIpc) is 3.21. The van der Waals surface area contributed by atoms with Crippen molar-refractivity contribution in [2.45, 2.75) is 30.4 Å². The number of nitrogens with one attached hydrogen (secondary N) is 1. The van der Waals surface area contributed by atoms with Crippen LogP contribution < -0.4 is 10.5 Å². The number of oxazole rings is 1. The highest BCUT2D eigenvalue weighted by molar-refractivity contribution is 7.89. The molecule has 1 unspecified atom stereocenters. The zero-order chi connectivity index (χ0) is 18.0. The van der Waals surface area contributed by atoms with Crippen LogP contribution in [0.15, 0.2) is 32.3 Å². The summed E-state index contributed by atoms with van der Waals surface area (Å²) in [5.41, 5.74) is 0.391. The number of carbonyl (C=O) groups excluding carboxylic acids is 1. The Hall–Kier alpha value is -2.17. The van der Waals surface area contributed by atoms with Gasteiger partial charge in [0.2, 0.25) is 10.0 Å². The summed E-state index contributed by atoms with van der Waals surface area (Å²) in [6.45, 7) is 0.511. The fraction of sp³-hybridized carbons (Fsp3) is 0.467. The number of sulfonamides is 1. The predicted octanol–water partition coefficient (Wildman–Crippen LogP) is 0.225. The van der Waals surface area contributed by atoms with Crippen LogP contribution >= 0.6 is 0 Å². The van der Waals surface area contributed by atoms with Crippen LogP contribution in [0.3, 0.4) is 0 Å². The third-order valence-electron chi connectivity index (χ3n) is 3.99. The molecule has 1 N–H and O–H groups in total. The van der Waals surface area contributed by atoms with E-state index in [1.54, 1.807) is 0 Å². The van der Waals surface area contributed by atoms with Gasteiger partial charge in [0.05, 0.1) is 23.6 Å². The van der Waals surface area contributed by atoms with E-state index >= 15 is 0 Å². The fourth-order valence-electron chi connectivity index (χ4n) is 2.65. The Kier molecular flexibility index (Phi) is 4.93. The van der Waals surface area contributed by atoms with E-state index < -0.39 is 21.7 Å². The molecule has 9 nitrogen and oxygen atoms in total. The molecule has 1 saturated heterocycles. The third-order valence-corrected chi connectivity index (χ3v) is 5.41. The second-order valence-corrected chi connectivity index (χ2v) is 7.41. The summed E-state index contributed by atoms with van der Waals surface area (Å²) in [6, 6.07) is 4.02. The van der Waals surface area contributed by atoms with E-state index in [9.17, 15) is 18.0 Å². The largest absolute Gasteiger partial charge is 0.468 e. The van der Waals surface area contributed by atoms with Crippen LogP contribution in [-0.4, -0.2) is 45.3 Å². The van der Waals surface area contributed by atoms with Crippen LogP contribution in [0.25, 0.3) is 11.1 Å². The molecule has 1 aromatic carbocycles. The Morgan fingerprint density at radius 2 is 2.24 bits per heavy atom. The Bertz CT molecular complexity index is 938. The van der Waals surface area contributed by atoms with Gasteiger partial charge in [-0.15, -0.1) is 0 Å². The van der Waals surface area contributed by atoms with E-state index in [1.807, 2.05) is 0 Å². The smallest absolute Gasteiger partial charge is 0.420 e. The van der Waals surface area contributed by atoms with E-state index in [1.165, 1.54) is 25.3 Å². The van der Waals surface area contributed by atoms with Gasteiger partial charge in [-0.25, -0.2) is 17.9 Å². The first-order chi connectivity index (χ1) is 11.9.